The highest BCUT2D eigenvalue weighted by molar-refractivity contribution is 7.12. The number of aliphatic carboxylic acids is 1. The van der Waals surface area contributed by atoms with Crippen LogP contribution in [0.4, 0.5) is 0 Å². The van der Waals surface area contributed by atoms with Crippen molar-refractivity contribution in [3.8, 4) is 0 Å². The van der Waals surface area contributed by atoms with Crippen molar-refractivity contribution in [2.24, 2.45) is 5.92 Å². The average Bonchev–Trinajstić information content (AvgIpc) is 2.84. The lowest BCUT2D eigenvalue weighted by molar-refractivity contribution is -0.141. The number of carboxylic acids is 1. The molecule has 0 aliphatic carbocycles. The zero-order valence-corrected chi connectivity index (χ0v) is 9.79. The molecule has 1 saturated heterocycles. The first kappa shape index (κ1) is 11.1. The third-order valence-corrected chi connectivity index (χ3v) is 3.89. The first-order chi connectivity index (χ1) is 7.59. The number of thiophene rings is 1. The first-order valence-corrected chi connectivity index (χ1v) is 6.03. The number of likely N-dealkylation sites (tertiary alicyclic amines) is 1. The Morgan fingerprint density at radius 2 is 2.31 bits per heavy atom. The predicted octanol–water partition coefficient (Wildman–Crippen LogP) is 1.60. The molecule has 0 spiro atoms. The van der Waals surface area contributed by atoms with Crippen LogP contribution in [-0.2, 0) is 4.79 Å². The number of carbonyl (C=O) groups is 2. The molecule has 1 amide bonds. The Bertz CT molecular complexity index is 427. The van der Waals surface area contributed by atoms with Gasteiger partial charge in [0.2, 0.25) is 0 Å². The molecular formula is C11H13NO3S. The molecular weight excluding hydrogens is 226 g/mol. The summed E-state index contributed by atoms with van der Waals surface area (Å²) < 4.78 is 0. The van der Waals surface area contributed by atoms with Gasteiger partial charge in [-0.1, -0.05) is 0 Å². The monoisotopic (exact) mass is 239 g/mol. The second-order valence-electron chi connectivity index (χ2n) is 4.01. The van der Waals surface area contributed by atoms with E-state index in [1.54, 1.807) is 4.90 Å². The molecule has 0 aromatic carbocycles. The topological polar surface area (TPSA) is 57.6 Å². The average molecular weight is 239 g/mol. The van der Waals surface area contributed by atoms with Crippen LogP contribution < -0.4 is 0 Å². The van der Waals surface area contributed by atoms with Crippen LogP contribution in [-0.4, -0.2) is 35.0 Å². The summed E-state index contributed by atoms with van der Waals surface area (Å²) in [5.41, 5.74) is 0.966. The first-order valence-electron chi connectivity index (χ1n) is 5.15. The third-order valence-electron chi connectivity index (χ3n) is 2.88. The van der Waals surface area contributed by atoms with Crippen molar-refractivity contribution < 1.29 is 14.7 Å². The summed E-state index contributed by atoms with van der Waals surface area (Å²) in [7, 11) is 0. The summed E-state index contributed by atoms with van der Waals surface area (Å²) in [6, 6.07) is 1.91. The van der Waals surface area contributed by atoms with E-state index >= 15 is 0 Å². The van der Waals surface area contributed by atoms with E-state index in [4.69, 9.17) is 5.11 Å². The SMILES string of the molecule is Cc1ccsc1C(=O)N1CC[C@H](C(=O)O)C1. The van der Waals surface area contributed by atoms with Crippen molar-refractivity contribution in [1.29, 1.82) is 0 Å². The van der Waals surface area contributed by atoms with Crippen LogP contribution >= 0.6 is 11.3 Å². The summed E-state index contributed by atoms with van der Waals surface area (Å²) in [6.07, 6.45) is 0.561. The number of rotatable bonds is 2. The Morgan fingerprint density at radius 1 is 1.56 bits per heavy atom. The van der Waals surface area contributed by atoms with Gasteiger partial charge in [-0.2, -0.15) is 0 Å². The van der Waals surface area contributed by atoms with Gasteiger partial charge in [0.05, 0.1) is 10.8 Å². The second kappa shape index (κ2) is 4.25. The lowest BCUT2D eigenvalue weighted by Gasteiger charge is -2.15. The third kappa shape index (κ3) is 1.95. The highest BCUT2D eigenvalue weighted by atomic mass is 32.1. The van der Waals surface area contributed by atoms with E-state index in [9.17, 15) is 9.59 Å². The molecule has 1 aromatic heterocycles. The molecule has 2 rings (SSSR count). The van der Waals surface area contributed by atoms with Crippen LogP contribution in [0.5, 0.6) is 0 Å². The van der Waals surface area contributed by atoms with Gasteiger partial charge >= 0.3 is 5.97 Å². The molecule has 1 aromatic rings. The number of aryl methyl sites for hydroxylation is 1. The smallest absolute Gasteiger partial charge is 0.308 e. The zero-order chi connectivity index (χ0) is 11.7. The van der Waals surface area contributed by atoms with E-state index in [0.717, 1.165) is 10.4 Å². The number of amides is 1. The van der Waals surface area contributed by atoms with Crippen molar-refractivity contribution in [3.05, 3.63) is 21.9 Å². The Labute approximate surface area is 97.5 Å². The Morgan fingerprint density at radius 3 is 2.81 bits per heavy atom. The van der Waals surface area contributed by atoms with Gasteiger partial charge < -0.3 is 10.0 Å². The highest BCUT2D eigenvalue weighted by Crippen LogP contribution is 2.23. The molecule has 1 aliphatic rings. The number of carbonyl (C=O) groups excluding carboxylic acids is 1. The van der Waals surface area contributed by atoms with Crippen molar-refractivity contribution >= 4 is 23.2 Å². The van der Waals surface area contributed by atoms with Crippen molar-refractivity contribution in [3.63, 3.8) is 0 Å². The minimum atomic E-state index is -0.807. The van der Waals surface area contributed by atoms with E-state index in [1.165, 1.54) is 11.3 Å². The van der Waals surface area contributed by atoms with Gasteiger partial charge in [0, 0.05) is 13.1 Å². The fraction of sp³-hybridized carbons (Fsp3) is 0.455. The van der Waals surface area contributed by atoms with Gasteiger partial charge in [-0.15, -0.1) is 11.3 Å². The number of hydrogen-bond donors (Lipinski definition) is 1. The fourth-order valence-electron chi connectivity index (χ4n) is 1.88. The molecule has 4 nitrogen and oxygen atoms in total. The quantitative estimate of drug-likeness (QED) is 0.853. The van der Waals surface area contributed by atoms with Crippen LogP contribution in [0.1, 0.15) is 21.7 Å². The lowest BCUT2D eigenvalue weighted by atomic mass is 10.1. The minimum absolute atomic E-state index is 0.0312. The molecule has 1 aliphatic heterocycles. The van der Waals surface area contributed by atoms with Gasteiger partial charge in [-0.25, -0.2) is 0 Å². The van der Waals surface area contributed by atoms with Gasteiger partial charge in [0.15, 0.2) is 0 Å². The van der Waals surface area contributed by atoms with E-state index in [-0.39, 0.29) is 5.91 Å². The molecule has 0 saturated carbocycles. The summed E-state index contributed by atoms with van der Waals surface area (Å²) in [5.74, 6) is -1.24. The van der Waals surface area contributed by atoms with E-state index in [2.05, 4.69) is 0 Å². The number of carboxylic acid groups (broad SMARTS) is 1. The number of hydrogen-bond acceptors (Lipinski definition) is 3. The predicted molar refractivity (Wildman–Crippen MR) is 60.7 cm³/mol. The Kier molecular flexibility index (Phi) is 2.96. The van der Waals surface area contributed by atoms with Crippen LogP contribution in [0.3, 0.4) is 0 Å². The molecule has 5 heteroatoms. The van der Waals surface area contributed by atoms with Crippen molar-refractivity contribution in [2.75, 3.05) is 13.1 Å². The van der Waals surface area contributed by atoms with E-state index in [0.29, 0.717) is 19.5 Å². The van der Waals surface area contributed by atoms with Gasteiger partial charge in [0.25, 0.3) is 5.91 Å². The van der Waals surface area contributed by atoms with Crippen LogP contribution in [0.15, 0.2) is 11.4 Å². The minimum Gasteiger partial charge on any atom is -0.481 e. The van der Waals surface area contributed by atoms with Crippen LogP contribution in [0.25, 0.3) is 0 Å². The fourth-order valence-corrected chi connectivity index (χ4v) is 2.77. The van der Waals surface area contributed by atoms with Crippen LogP contribution in [0, 0.1) is 12.8 Å². The van der Waals surface area contributed by atoms with Gasteiger partial charge in [0.1, 0.15) is 0 Å². The summed E-state index contributed by atoms with van der Waals surface area (Å²) in [4.78, 5) is 25.2. The molecule has 1 fully saturated rings. The molecule has 16 heavy (non-hydrogen) atoms. The molecule has 0 unspecified atom stereocenters. The van der Waals surface area contributed by atoms with Gasteiger partial charge in [-0.05, 0) is 30.4 Å². The summed E-state index contributed by atoms with van der Waals surface area (Å²) >= 11 is 1.42. The maximum atomic E-state index is 12.0. The molecule has 86 valence electrons. The molecule has 1 atom stereocenters. The molecule has 1 N–H and O–H groups in total. The second-order valence-corrected chi connectivity index (χ2v) is 4.92. The molecule has 2 heterocycles. The Hall–Kier alpha value is -1.36. The van der Waals surface area contributed by atoms with Crippen LogP contribution in [0.2, 0.25) is 0 Å². The molecule has 0 radical (unpaired) electrons. The maximum absolute atomic E-state index is 12.0. The Balaban J connectivity index is 2.08. The van der Waals surface area contributed by atoms with E-state index < -0.39 is 11.9 Å². The summed E-state index contributed by atoms with van der Waals surface area (Å²) in [6.45, 7) is 2.78. The lowest BCUT2D eigenvalue weighted by Crippen LogP contribution is -2.29. The van der Waals surface area contributed by atoms with Crippen molar-refractivity contribution in [2.45, 2.75) is 13.3 Å². The van der Waals surface area contributed by atoms with Gasteiger partial charge in [-0.3, -0.25) is 9.59 Å². The highest BCUT2D eigenvalue weighted by Gasteiger charge is 2.31. The summed E-state index contributed by atoms with van der Waals surface area (Å²) in [5, 5.41) is 10.7. The number of nitrogens with zero attached hydrogens (tertiary/aromatic N) is 1. The zero-order valence-electron chi connectivity index (χ0n) is 8.97. The van der Waals surface area contributed by atoms with Crippen molar-refractivity contribution in [1.82, 2.24) is 4.90 Å². The maximum Gasteiger partial charge on any atom is 0.308 e. The standard InChI is InChI=1S/C11H13NO3S/c1-7-3-5-16-9(7)10(13)12-4-2-8(6-12)11(14)15/h3,5,8H,2,4,6H2,1H3,(H,14,15)/t8-/m0/s1. The normalized spacial score (nSPS) is 20.1. The largest absolute Gasteiger partial charge is 0.481 e. The molecule has 0 bridgehead atoms. The van der Waals surface area contributed by atoms with E-state index in [1.807, 2.05) is 18.4 Å².